The van der Waals surface area contributed by atoms with Crippen LogP contribution in [0.4, 0.5) is 11.4 Å². The van der Waals surface area contributed by atoms with Gasteiger partial charge >= 0.3 is 0 Å². The number of benzene rings is 2. The van der Waals surface area contributed by atoms with Crippen LogP contribution in [0.5, 0.6) is 0 Å². The molecule has 0 aliphatic carbocycles. The van der Waals surface area contributed by atoms with Crippen molar-refractivity contribution in [3.8, 4) is 0 Å². The highest BCUT2D eigenvalue weighted by molar-refractivity contribution is 6.06. The zero-order valence-corrected chi connectivity index (χ0v) is 19.8. The second kappa shape index (κ2) is 10.8. The minimum Gasteiger partial charge on any atom is -0.370 e. The van der Waals surface area contributed by atoms with E-state index >= 15 is 0 Å². The molecule has 0 spiro atoms. The van der Waals surface area contributed by atoms with E-state index in [0.29, 0.717) is 16.9 Å². The number of hydrogen-bond donors (Lipinski definition) is 4. The molecule has 2 aliphatic rings. The number of pyridine rings is 1. The zero-order chi connectivity index (χ0) is 24.7. The monoisotopic (exact) mass is 481 g/mol. The van der Waals surface area contributed by atoms with E-state index in [4.69, 9.17) is 0 Å². The Morgan fingerprint density at radius 3 is 1.64 bits per heavy atom. The second-order valence-corrected chi connectivity index (χ2v) is 8.52. The van der Waals surface area contributed by atoms with Gasteiger partial charge in [-0.05, 0) is 73.5 Å². The van der Waals surface area contributed by atoms with Crippen molar-refractivity contribution in [3.05, 3.63) is 89.2 Å². The molecule has 2 amide bonds. The smallest absolute Gasteiger partial charge is 0.274 e. The van der Waals surface area contributed by atoms with Crippen LogP contribution in [0, 0.1) is 0 Å². The average Bonchev–Trinajstić information content (AvgIpc) is 2.95. The van der Waals surface area contributed by atoms with Crippen LogP contribution < -0.4 is 21.3 Å². The van der Waals surface area contributed by atoms with Crippen molar-refractivity contribution in [2.75, 3.05) is 36.8 Å². The van der Waals surface area contributed by atoms with Crippen molar-refractivity contribution in [3.63, 3.8) is 0 Å². The lowest BCUT2D eigenvalue weighted by Gasteiger charge is -2.15. The van der Waals surface area contributed by atoms with Gasteiger partial charge in [-0.2, -0.15) is 0 Å². The Labute approximate surface area is 209 Å². The molecule has 0 fully saturated rings. The maximum Gasteiger partial charge on any atom is 0.274 e. The summed E-state index contributed by atoms with van der Waals surface area (Å²) in [5.41, 5.74) is 3.87. The van der Waals surface area contributed by atoms with E-state index in [1.807, 2.05) is 48.5 Å². The van der Waals surface area contributed by atoms with Crippen LogP contribution in [-0.4, -0.2) is 54.6 Å². The number of aromatic nitrogens is 1. The number of amides is 2. The van der Waals surface area contributed by atoms with E-state index in [1.54, 1.807) is 6.07 Å². The molecule has 1 aromatic heterocycles. The van der Waals surface area contributed by atoms with Gasteiger partial charge in [0.15, 0.2) is 0 Å². The molecule has 0 radical (unpaired) electrons. The standard InChI is InChI=1S/C27H27N7O2/c35-26(33-21-8-3-18(4-9-21)24-28-13-1-14-29-24)20-7-12-23(32-17-20)27(36)34-22-10-5-19(6-11-22)25-30-15-2-16-31-25/h3-12,17H,1-2,13-16H2,(H,28,29)(H,30,31)(H,33,35)(H,34,36). The quantitative estimate of drug-likeness (QED) is 0.431. The van der Waals surface area contributed by atoms with Crippen LogP contribution >= 0.6 is 0 Å². The Balaban J connectivity index is 1.17. The van der Waals surface area contributed by atoms with Crippen LogP contribution in [0.15, 0.2) is 76.8 Å². The van der Waals surface area contributed by atoms with Crippen LogP contribution in [0.3, 0.4) is 0 Å². The van der Waals surface area contributed by atoms with Crippen molar-refractivity contribution in [1.82, 2.24) is 15.6 Å². The Morgan fingerprint density at radius 1 is 0.667 bits per heavy atom. The van der Waals surface area contributed by atoms with Crippen molar-refractivity contribution < 1.29 is 9.59 Å². The summed E-state index contributed by atoms with van der Waals surface area (Å²) >= 11 is 0. The molecule has 0 saturated heterocycles. The lowest BCUT2D eigenvalue weighted by molar-refractivity contribution is 0.101. The highest BCUT2D eigenvalue weighted by atomic mass is 16.2. The maximum absolute atomic E-state index is 12.6. The first kappa shape index (κ1) is 23.2. The van der Waals surface area contributed by atoms with Gasteiger partial charge < -0.3 is 21.3 Å². The molecule has 4 N–H and O–H groups in total. The third kappa shape index (κ3) is 5.57. The third-order valence-corrected chi connectivity index (χ3v) is 5.89. The molecule has 5 rings (SSSR count). The van der Waals surface area contributed by atoms with E-state index in [9.17, 15) is 9.59 Å². The number of rotatable bonds is 6. The van der Waals surface area contributed by atoms with Gasteiger partial charge in [-0.25, -0.2) is 0 Å². The summed E-state index contributed by atoms with van der Waals surface area (Å²) in [6.45, 7) is 3.47. The molecule has 3 aromatic rings. The fourth-order valence-corrected chi connectivity index (χ4v) is 3.94. The highest BCUT2D eigenvalue weighted by Crippen LogP contribution is 2.15. The molecule has 0 saturated carbocycles. The van der Waals surface area contributed by atoms with Gasteiger partial charge in [-0.1, -0.05) is 0 Å². The van der Waals surface area contributed by atoms with E-state index in [0.717, 1.165) is 61.8 Å². The van der Waals surface area contributed by atoms with Crippen LogP contribution in [0.2, 0.25) is 0 Å². The van der Waals surface area contributed by atoms with Gasteiger partial charge in [0.25, 0.3) is 11.8 Å². The predicted molar refractivity (Wildman–Crippen MR) is 141 cm³/mol. The number of carbonyl (C=O) groups excluding carboxylic acids is 2. The average molecular weight is 482 g/mol. The number of nitrogens with zero attached hydrogens (tertiary/aromatic N) is 3. The summed E-state index contributed by atoms with van der Waals surface area (Å²) in [5, 5.41) is 12.2. The summed E-state index contributed by atoms with van der Waals surface area (Å²) in [7, 11) is 0. The summed E-state index contributed by atoms with van der Waals surface area (Å²) in [6.07, 6.45) is 3.47. The lowest BCUT2D eigenvalue weighted by Crippen LogP contribution is -2.30. The maximum atomic E-state index is 12.6. The first-order valence-corrected chi connectivity index (χ1v) is 12.0. The summed E-state index contributed by atoms with van der Waals surface area (Å²) in [6, 6.07) is 18.1. The number of amidine groups is 2. The van der Waals surface area contributed by atoms with Gasteiger partial charge in [-0.15, -0.1) is 0 Å². The fourth-order valence-electron chi connectivity index (χ4n) is 3.94. The van der Waals surface area contributed by atoms with Crippen LogP contribution in [0.25, 0.3) is 0 Å². The van der Waals surface area contributed by atoms with Crippen molar-refractivity contribution in [2.45, 2.75) is 12.8 Å². The van der Waals surface area contributed by atoms with E-state index in [2.05, 4.69) is 36.2 Å². The van der Waals surface area contributed by atoms with Gasteiger partial charge in [0.1, 0.15) is 17.4 Å². The Bertz CT molecular complexity index is 1190. The van der Waals surface area contributed by atoms with Gasteiger partial charge in [-0.3, -0.25) is 24.6 Å². The molecule has 9 nitrogen and oxygen atoms in total. The molecule has 9 heteroatoms. The van der Waals surface area contributed by atoms with Crippen molar-refractivity contribution in [1.29, 1.82) is 0 Å². The molecule has 3 heterocycles. The highest BCUT2D eigenvalue weighted by Gasteiger charge is 2.13. The van der Waals surface area contributed by atoms with Crippen LogP contribution in [-0.2, 0) is 0 Å². The zero-order valence-electron chi connectivity index (χ0n) is 19.8. The number of nitrogens with one attached hydrogen (secondary N) is 4. The molecule has 2 aromatic carbocycles. The Morgan fingerprint density at radius 2 is 1.19 bits per heavy atom. The molecule has 36 heavy (non-hydrogen) atoms. The van der Waals surface area contributed by atoms with Gasteiger partial charge in [0, 0.05) is 54.9 Å². The molecule has 182 valence electrons. The molecule has 2 aliphatic heterocycles. The second-order valence-electron chi connectivity index (χ2n) is 8.52. The first-order valence-electron chi connectivity index (χ1n) is 12.0. The number of carbonyl (C=O) groups is 2. The normalized spacial score (nSPS) is 15.0. The molecule has 0 atom stereocenters. The van der Waals surface area contributed by atoms with Gasteiger partial charge in [0.05, 0.1) is 5.56 Å². The lowest BCUT2D eigenvalue weighted by atomic mass is 10.1. The first-order chi connectivity index (χ1) is 17.7. The molecule has 0 bridgehead atoms. The largest absolute Gasteiger partial charge is 0.370 e. The van der Waals surface area contributed by atoms with Crippen LogP contribution in [0.1, 0.15) is 44.8 Å². The van der Waals surface area contributed by atoms with Crippen molar-refractivity contribution >= 4 is 34.9 Å². The summed E-state index contributed by atoms with van der Waals surface area (Å²) in [4.78, 5) is 38.4. The molecule has 0 unspecified atom stereocenters. The summed E-state index contributed by atoms with van der Waals surface area (Å²) < 4.78 is 0. The SMILES string of the molecule is O=C(Nc1ccc(C2=NCCCN2)cc1)c1ccc(C(=O)Nc2ccc(C3=NCCCN3)cc2)nc1. The fraction of sp³-hybridized carbons (Fsp3) is 0.222. The van der Waals surface area contributed by atoms with Gasteiger partial charge in [0.2, 0.25) is 0 Å². The Kier molecular flexibility index (Phi) is 6.98. The van der Waals surface area contributed by atoms with E-state index < -0.39 is 0 Å². The predicted octanol–water partition coefficient (Wildman–Crippen LogP) is 3.07. The van der Waals surface area contributed by atoms with E-state index in [-0.39, 0.29) is 17.5 Å². The Hall–Kier alpha value is -4.53. The molecular weight excluding hydrogens is 454 g/mol. The minimum atomic E-state index is -0.349. The minimum absolute atomic E-state index is 0.221. The topological polar surface area (TPSA) is 120 Å². The number of aliphatic imine (C=N–C) groups is 2. The van der Waals surface area contributed by atoms with Crippen molar-refractivity contribution in [2.24, 2.45) is 9.98 Å². The number of anilines is 2. The van der Waals surface area contributed by atoms with E-state index in [1.165, 1.54) is 12.3 Å². The molecular formula is C27H27N7O2. The summed E-state index contributed by atoms with van der Waals surface area (Å²) in [5.74, 6) is 1.10. The third-order valence-electron chi connectivity index (χ3n) is 5.89. The number of hydrogen-bond acceptors (Lipinski definition) is 7.